The van der Waals surface area contributed by atoms with Crippen LogP contribution in [-0.4, -0.2) is 31.0 Å². The van der Waals surface area contributed by atoms with Crippen molar-refractivity contribution < 1.29 is 27.5 Å². The first-order valence-electron chi connectivity index (χ1n) is 7.24. The second kappa shape index (κ2) is 10.8. The third-order valence-corrected chi connectivity index (χ3v) is 3.20. The van der Waals surface area contributed by atoms with E-state index in [1.807, 2.05) is 0 Å². The van der Waals surface area contributed by atoms with Gasteiger partial charge in [0.05, 0.1) is 12.6 Å². The molecule has 1 aromatic rings. The number of benzene rings is 1. The van der Waals surface area contributed by atoms with Crippen molar-refractivity contribution >= 4 is 24.2 Å². The van der Waals surface area contributed by atoms with Gasteiger partial charge in [0.1, 0.15) is 11.6 Å². The molecule has 142 valence electrons. The maximum Gasteiger partial charge on any atom is 0.387 e. The second-order valence-corrected chi connectivity index (χ2v) is 5.36. The number of carbonyl (C=O) groups excluding carboxylic acids is 2. The largest absolute Gasteiger partial charge is 0.434 e. The zero-order valence-corrected chi connectivity index (χ0v) is 14.5. The number of nitrogens with two attached hydrogens (primary N) is 1. The highest BCUT2D eigenvalue weighted by Gasteiger charge is 2.18. The summed E-state index contributed by atoms with van der Waals surface area (Å²) in [7, 11) is 0. The van der Waals surface area contributed by atoms with E-state index in [0.717, 1.165) is 6.07 Å². The summed E-state index contributed by atoms with van der Waals surface area (Å²) in [5.41, 5.74) is 5.40. The van der Waals surface area contributed by atoms with E-state index in [1.165, 1.54) is 12.1 Å². The molecule has 0 aromatic heterocycles. The van der Waals surface area contributed by atoms with Crippen LogP contribution in [0.1, 0.15) is 19.4 Å². The zero-order valence-electron chi connectivity index (χ0n) is 13.7. The van der Waals surface area contributed by atoms with Gasteiger partial charge in [-0.25, -0.2) is 4.39 Å². The molecule has 0 aliphatic heterocycles. The van der Waals surface area contributed by atoms with Gasteiger partial charge >= 0.3 is 6.61 Å². The van der Waals surface area contributed by atoms with Crippen molar-refractivity contribution in [1.29, 1.82) is 0 Å². The van der Waals surface area contributed by atoms with Crippen LogP contribution in [0.25, 0.3) is 0 Å². The summed E-state index contributed by atoms with van der Waals surface area (Å²) in [5, 5.41) is 4.66. The molecule has 0 spiro atoms. The maximum atomic E-state index is 13.7. The minimum absolute atomic E-state index is 0. The number of amides is 2. The normalized spacial score (nSPS) is 11.7. The van der Waals surface area contributed by atoms with Crippen molar-refractivity contribution in [3.8, 4) is 5.75 Å². The number of ether oxygens (including phenoxy) is 1. The molecule has 6 nitrogen and oxygen atoms in total. The molecule has 1 rings (SSSR count). The molecule has 0 aliphatic carbocycles. The van der Waals surface area contributed by atoms with Gasteiger partial charge in [-0.1, -0.05) is 19.9 Å². The highest BCUT2D eigenvalue weighted by Crippen LogP contribution is 2.23. The number of hydrogen-bond acceptors (Lipinski definition) is 4. The van der Waals surface area contributed by atoms with Gasteiger partial charge in [-0.3, -0.25) is 9.59 Å². The third kappa shape index (κ3) is 7.61. The zero-order chi connectivity index (χ0) is 18.3. The van der Waals surface area contributed by atoms with E-state index < -0.39 is 30.3 Å². The van der Waals surface area contributed by atoms with Crippen molar-refractivity contribution in [2.24, 2.45) is 11.7 Å². The molecule has 0 radical (unpaired) electrons. The van der Waals surface area contributed by atoms with Gasteiger partial charge in [0.2, 0.25) is 11.8 Å². The molecule has 0 saturated heterocycles. The van der Waals surface area contributed by atoms with Gasteiger partial charge in [-0.15, -0.1) is 12.4 Å². The lowest BCUT2D eigenvalue weighted by molar-refractivity contribution is -0.127. The molecule has 10 heteroatoms. The van der Waals surface area contributed by atoms with Crippen LogP contribution in [0.4, 0.5) is 13.2 Å². The van der Waals surface area contributed by atoms with E-state index in [9.17, 15) is 22.8 Å². The predicted octanol–water partition coefficient (Wildman–Crippen LogP) is 1.56. The Morgan fingerprint density at radius 1 is 1.24 bits per heavy atom. The Kier molecular flexibility index (Phi) is 9.92. The van der Waals surface area contributed by atoms with Crippen LogP contribution in [0, 0.1) is 11.7 Å². The van der Waals surface area contributed by atoms with Crippen molar-refractivity contribution in [2.45, 2.75) is 33.0 Å². The van der Waals surface area contributed by atoms with E-state index in [0.29, 0.717) is 0 Å². The first-order valence-corrected chi connectivity index (χ1v) is 7.24. The van der Waals surface area contributed by atoms with Gasteiger partial charge in [-0.2, -0.15) is 8.78 Å². The van der Waals surface area contributed by atoms with E-state index in [4.69, 9.17) is 5.73 Å². The van der Waals surface area contributed by atoms with Crippen LogP contribution in [0.3, 0.4) is 0 Å². The van der Waals surface area contributed by atoms with Crippen molar-refractivity contribution in [1.82, 2.24) is 10.6 Å². The topological polar surface area (TPSA) is 93.5 Å². The fraction of sp³-hybridized carbons (Fsp3) is 0.467. The Labute approximate surface area is 149 Å². The first kappa shape index (κ1) is 23.0. The smallest absolute Gasteiger partial charge is 0.387 e. The molecule has 0 aliphatic rings. The van der Waals surface area contributed by atoms with Crippen LogP contribution in [0.2, 0.25) is 0 Å². The van der Waals surface area contributed by atoms with Gasteiger partial charge in [0.25, 0.3) is 0 Å². The molecule has 0 saturated carbocycles. The molecule has 0 fully saturated rings. The number of carbonyl (C=O) groups is 2. The Bertz CT molecular complexity index is 588. The predicted molar refractivity (Wildman–Crippen MR) is 87.9 cm³/mol. The monoisotopic (exact) mass is 383 g/mol. The fourth-order valence-corrected chi connectivity index (χ4v) is 1.75. The van der Waals surface area contributed by atoms with Crippen molar-refractivity contribution in [2.75, 3.05) is 6.54 Å². The summed E-state index contributed by atoms with van der Waals surface area (Å²) < 4.78 is 42.5. The average molecular weight is 384 g/mol. The average Bonchev–Trinajstić information content (AvgIpc) is 2.50. The Morgan fingerprint density at radius 3 is 2.44 bits per heavy atom. The number of halogens is 4. The van der Waals surface area contributed by atoms with E-state index >= 15 is 0 Å². The lowest BCUT2D eigenvalue weighted by Gasteiger charge is -2.15. The first-order chi connectivity index (χ1) is 11.2. The molecule has 1 aromatic carbocycles. The number of nitrogens with one attached hydrogen (secondary N) is 2. The van der Waals surface area contributed by atoms with Crippen LogP contribution in [-0.2, 0) is 16.1 Å². The summed E-state index contributed by atoms with van der Waals surface area (Å²) in [6.45, 7) is -0.323. The molecule has 2 amide bonds. The molecule has 0 unspecified atom stereocenters. The summed E-state index contributed by atoms with van der Waals surface area (Å²) in [4.78, 5) is 23.3. The summed E-state index contributed by atoms with van der Waals surface area (Å²) in [6, 6.07) is 2.69. The van der Waals surface area contributed by atoms with Gasteiger partial charge in [0.15, 0.2) is 0 Å². The van der Waals surface area contributed by atoms with Gasteiger partial charge in [0, 0.05) is 12.1 Å². The van der Waals surface area contributed by atoms with Gasteiger partial charge < -0.3 is 21.1 Å². The minimum atomic E-state index is -3.11. The van der Waals surface area contributed by atoms with Crippen LogP contribution >= 0.6 is 12.4 Å². The number of hydrogen-bond donors (Lipinski definition) is 3. The number of rotatable bonds is 8. The maximum absolute atomic E-state index is 13.7. The van der Waals surface area contributed by atoms with Crippen LogP contribution in [0.15, 0.2) is 18.2 Å². The SMILES string of the molecule is CC(C)[C@H](N)C(=O)NCC(=O)NCc1c(F)cccc1OC(F)F.Cl. The third-order valence-electron chi connectivity index (χ3n) is 3.20. The highest BCUT2D eigenvalue weighted by molar-refractivity contribution is 5.87. The standard InChI is InChI=1S/C15H20F3N3O3.ClH/c1-8(2)13(19)14(23)21-7-12(22)20-6-9-10(16)4-3-5-11(9)24-15(17)18;/h3-5,8,13,15H,6-7,19H2,1-2H3,(H,20,22)(H,21,23);1H/t13-;/m0./s1. The highest BCUT2D eigenvalue weighted by atomic mass is 35.5. The molecule has 25 heavy (non-hydrogen) atoms. The number of alkyl halides is 2. The molecule has 0 heterocycles. The van der Waals surface area contributed by atoms with Crippen molar-refractivity contribution in [3.63, 3.8) is 0 Å². The van der Waals surface area contributed by atoms with Crippen molar-refractivity contribution in [3.05, 3.63) is 29.6 Å². The second-order valence-electron chi connectivity index (χ2n) is 5.36. The molecule has 4 N–H and O–H groups in total. The molecule has 0 bridgehead atoms. The molecular formula is C15H21ClF3N3O3. The lowest BCUT2D eigenvalue weighted by atomic mass is 10.1. The van der Waals surface area contributed by atoms with Gasteiger partial charge in [-0.05, 0) is 18.1 Å². The quantitative estimate of drug-likeness (QED) is 0.635. The van der Waals surface area contributed by atoms with E-state index in [-0.39, 0.29) is 42.7 Å². The Hall–Kier alpha value is -2.00. The van der Waals surface area contributed by atoms with E-state index in [2.05, 4.69) is 15.4 Å². The summed E-state index contributed by atoms with van der Waals surface area (Å²) in [6.07, 6.45) is 0. The van der Waals surface area contributed by atoms with E-state index in [1.54, 1.807) is 13.8 Å². The van der Waals surface area contributed by atoms with Crippen LogP contribution in [0.5, 0.6) is 5.75 Å². The fourth-order valence-electron chi connectivity index (χ4n) is 1.75. The molecule has 1 atom stereocenters. The Balaban J connectivity index is 0.00000576. The molecular weight excluding hydrogens is 363 g/mol. The summed E-state index contributed by atoms with van der Waals surface area (Å²) >= 11 is 0. The Morgan fingerprint density at radius 2 is 1.88 bits per heavy atom. The summed E-state index contributed by atoms with van der Waals surface area (Å²) in [5.74, 6) is -2.37. The van der Waals surface area contributed by atoms with Crippen LogP contribution < -0.4 is 21.1 Å². The minimum Gasteiger partial charge on any atom is -0.434 e. The lowest BCUT2D eigenvalue weighted by Crippen LogP contribution is -2.47.